The second-order valence-electron chi connectivity index (χ2n) is 8.98. The lowest BCUT2D eigenvalue weighted by molar-refractivity contribution is -0.157. The van der Waals surface area contributed by atoms with Crippen molar-refractivity contribution in [2.24, 2.45) is 16.7 Å². The number of allylic oxidation sites excluding steroid dienone is 1. The maximum Gasteiger partial charge on any atom is 0.331 e. The molecule has 0 aromatic heterocycles. The van der Waals surface area contributed by atoms with Crippen molar-refractivity contribution in [1.29, 1.82) is 0 Å². The van der Waals surface area contributed by atoms with Gasteiger partial charge in [0.2, 0.25) is 0 Å². The summed E-state index contributed by atoms with van der Waals surface area (Å²) in [5, 5.41) is 18.9. The molecule has 2 aliphatic carbocycles. The van der Waals surface area contributed by atoms with Crippen LogP contribution in [0.3, 0.4) is 0 Å². The third-order valence-electron chi connectivity index (χ3n) is 6.61. The summed E-state index contributed by atoms with van der Waals surface area (Å²) in [7, 11) is 0. The van der Waals surface area contributed by atoms with Crippen molar-refractivity contribution in [2.75, 3.05) is 0 Å². The van der Waals surface area contributed by atoms with Gasteiger partial charge in [-0.2, -0.15) is 0 Å². The fraction of sp³-hybridized carbons (Fsp3) is 0.522. The number of phenols is 2. The third-order valence-corrected chi connectivity index (χ3v) is 6.61. The molecule has 2 aliphatic rings. The summed E-state index contributed by atoms with van der Waals surface area (Å²) in [6.07, 6.45) is 9.50. The van der Waals surface area contributed by atoms with Crippen LogP contribution in [0.5, 0.6) is 11.5 Å². The molecule has 2 N–H and O–H groups in total. The Hall–Kier alpha value is -2.23. The monoisotopic (exact) mass is 370 g/mol. The number of aromatic hydroxyl groups is 2. The highest BCUT2D eigenvalue weighted by molar-refractivity contribution is 5.87. The average molecular weight is 370 g/mol. The van der Waals surface area contributed by atoms with E-state index in [4.69, 9.17) is 4.74 Å². The normalized spacial score (nSPS) is 29.9. The van der Waals surface area contributed by atoms with Gasteiger partial charge in [0.25, 0.3) is 0 Å². The van der Waals surface area contributed by atoms with Gasteiger partial charge < -0.3 is 14.9 Å². The zero-order valence-corrected chi connectivity index (χ0v) is 16.7. The summed E-state index contributed by atoms with van der Waals surface area (Å²) >= 11 is 0. The summed E-state index contributed by atoms with van der Waals surface area (Å²) < 4.78 is 5.94. The minimum atomic E-state index is -0.384. The summed E-state index contributed by atoms with van der Waals surface area (Å²) in [6.45, 7) is 9.00. The first-order valence-electron chi connectivity index (χ1n) is 9.71. The van der Waals surface area contributed by atoms with Gasteiger partial charge in [-0.3, -0.25) is 0 Å². The van der Waals surface area contributed by atoms with Crippen LogP contribution in [0.4, 0.5) is 0 Å². The van der Waals surface area contributed by atoms with Gasteiger partial charge in [0.15, 0.2) is 11.5 Å². The van der Waals surface area contributed by atoms with Gasteiger partial charge in [-0.1, -0.05) is 39.3 Å². The second-order valence-corrected chi connectivity index (χ2v) is 8.98. The number of hydrogen-bond donors (Lipinski definition) is 2. The summed E-state index contributed by atoms with van der Waals surface area (Å²) in [5.74, 6) is -0.281. The van der Waals surface area contributed by atoms with Crippen molar-refractivity contribution < 1.29 is 19.7 Å². The number of carbonyl (C=O) groups is 1. The van der Waals surface area contributed by atoms with Crippen LogP contribution < -0.4 is 0 Å². The zero-order chi connectivity index (χ0) is 19.8. The van der Waals surface area contributed by atoms with E-state index in [9.17, 15) is 15.0 Å². The Balaban J connectivity index is 1.77. The van der Waals surface area contributed by atoms with Crippen LogP contribution in [0, 0.1) is 16.7 Å². The Kier molecular flexibility index (Phi) is 5.11. The van der Waals surface area contributed by atoms with E-state index in [1.165, 1.54) is 24.6 Å². The van der Waals surface area contributed by atoms with Crippen LogP contribution in [-0.4, -0.2) is 22.3 Å². The minimum absolute atomic E-state index is 0.0408. The molecule has 0 amide bonds. The molecule has 0 unspecified atom stereocenters. The number of rotatable bonds is 3. The molecule has 0 spiro atoms. The maximum atomic E-state index is 12.5. The highest BCUT2D eigenvalue weighted by Crippen LogP contribution is 2.58. The van der Waals surface area contributed by atoms with Crippen molar-refractivity contribution in [2.45, 2.75) is 59.5 Å². The molecule has 0 bridgehead atoms. The van der Waals surface area contributed by atoms with Crippen LogP contribution >= 0.6 is 0 Å². The van der Waals surface area contributed by atoms with Gasteiger partial charge in [-0.25, -0.2) is 4.79 Å². The highest BCUT2D eigenvalue weighted by Gasteiger charge is 2.53. The van der Waals surface area contributed by atoms with E-state index in [1.54, 1.807) is 12.1 Å². The summed E-state index contributed by atoms with van der Waals surface area (Å²) in [4.78, 5) is 12.5. The number of esters is 1. The van der Waals surface area contributed by atoms with Gasteiger partial charge in [0, 0.05) is 11.5 Å². The molecule has 0 saturated heterocycles. The van der Waals surface area contributed by atoms with Gasteiger partial charge in [0.1, 0.15) is 6.10 Å². The molecule has 4 nitrogen and oxygen atoms in total. The van der Waals surface area contributed by atoms with Crippen LogP contribution in [0.1, 0.15) is 58.9 Å². The molecule has 0 radical (unpaired) electrons. The first-order chi connectivity index (χ1) is 12.6. The lowest BCUT2D eigenvalue weighted by Gasteiger charge is -2.55. The van der Waals surface area contributed by atoms with Crippen molar-refractivity contribution >= 4 is 12.0 Å². The SMILES string of the molecule is CC1=CC[C@H]2C(C)(C)CCC[C@]2(C)[C@H]1OC(=O)/C=C/c1ccc(O)c(O)c1. The lowest BCUT2D eigenvalue weighted by atomic mass is 9.51. The van der Waals surface area contributed by atoms with E-state index in [-0.39, 0.29) is 34.4 Å². The molecule has 0 heterocycles. The average Bonchev–Trinajstić information content (AvgIpc) is 2.58. The number of phenolic OH excluding ortho intramolecular Hbond substituents is 2. The first kappa shape index (κ1) is 19.5. The smallest absolute Gasteiger partial charge is 0.331 e. The topological polar surface area (TPSA) is 66.8 Å². The van der Waals surface area contributed by atoms with E-state index in [0.717, 1.165) is 24.8 Å². The Morgan fingerprint density at radius 3 is 2.63 bits per heavy atom. The predicted molar refractivity (Wildman–Crippen MR) is 106 cm³/mol. The molecule has 27 heavy (non-hydrogen) atoms. The van der Waals surface area contributed by atoms with Crippen LogP contribution in [0.15, 0.2) is 35.9 Å². The number of benzene rings is 1. The van der Waals surface area contributed by atoms with Gasteiger partial charge in [0.05, 0.1) is 0 Å². The Morgan fingerprint density at radius 1 is 1.19 bits per heavy atom. The van der Waals surface area contributed by atoms with E-state index in [1.807, 2.05) is 0 Å². The van der Waals surface area contributed by atoms with E-state index >= 15 is 0 Å². The molecule has 4 heteroatoms. The molecule has 1 aromatic carbocycles. The van der Waals surface area contributed by atoms with Gasteiger partial charge >= 0.3 is 5.97 Å². The number of hydrogen-bond acceptors (Lipinski definition) is 4. The fourth-order valence-corrected chi connectivity index (χ4v) is 5.19. The molecule has 1 fully saturated rings. The number of ether oxygens (including phenoxy) is 1. The largest absolute Gasteiger partial charge is 0.504 e. The molecular weight excluding hydrogens is 340 g/mol. The Labute approximate surface area is 161 Å². The second kappa shape index (κ2) is 7.06. The fourth-order valence-electron chi connectivity index (χ4n) is 5.19. The van der Waals surface area contributed by atoms with Crippen LogP contribution in [0.25, 0.3) is 6.08 Å². The van der Waals surface area contributed by atoms with E-state index in [0.29, 0.717) is 11.5 Å². The maximum absolute atomic E-state index is 12.5. The molecule has 3 rings (SSSR count). The van der Waals surface area contributed by atoms with Crippen LogP contribution in [0.2, 0.25) is 0 Å². The molecule has 1 saturated carbocycles. The quantitative estimate of drug-likeness (QED) is 0.332. The zero-order valence-electron chi connectivity index (χ0n) is 16.7. The number of fused-ring (bicyclic) bond motifs is 1. The molecule has 3 atom stereocenters. The lowest BCUT2D eigenvalue weighted by Crippen LogP contribution is -2.52. The predicted octanol–water partition coefficient (Wildman–Crippen LogP) is 5.21. The first-order valence-corrected chi connectivity index (χ1v) is 9.71. The van der Waals surface area contributed by atoms with Crippen LogP contribution in [-0.2, 0) is 9.53 Å². The molecule has 0 aliphatic heterocycles. The van der Waals surface area contributed by atoms with Gasteiger partial charge in [-0.15, -0.1) is 0 Å². The molecule has 1 aromatic rings. The van der Waals surface area contributed by atoms with Crippen molar-refractivity contribution in [3.63, 3.8) is 0 Å². The van der Waals surface area contributed by atoms with E-state index in [2.05, 4.69) is 33.8 Å². The Bertz CT molecular complexity index is 790. The van der Waals surface area contributed by atoms with E-state index < -0.39 is 0 Å². The Morgan fingerprint density at radius 2 is 1.93 bits per heavy atom. The third kappa shape index (κ3) is 3.76. The summed E-state index contributed by atoms with van der Waals surface area (Å²) in [5.41, 5.74) is 1.96. The highest BCUT2D eigenvalue weighted by atomic mass is 16.5. The minimum Gasteiger partial charge on any atom is -0.504 e. The molecular formula is C23H30O4. The standard InChI is InChI=1S/C23H30O4/c1-15-6-10-19-22(2,3)12-5-13-23(19,4)21(15)27-20(26)11-8-16-7-9-17(24)18(25)14-16/h6-9,11,14,19,21,24-25H,5,10,12-13H2,1-4H3/b11-8+/t19-,21-,23-/m0/s1. The van der Waals surface area contributed by atoms with Crippen molar-refractivity contribution in [3.8, 4) is 11.5 Å². The van der Waals surface area contributed by atoms with Crippen molar-refractivity contribution in [3.05, 3.63) is 41.5 Å². The van der Waals surface area contributed by atoms with Gasteiger partial charge in [-0.05, 0) is 66.9 Å². The molecule has 146 valence electrons. The van der Waals surface area contributed by atoms with Crippen molar-refractivity contribution in [1.82, 2.24) is 0 Å². The number of carbonyl (C=O) groups excluding carboxylic acids is 1. The summed E-state index contributed by atoms with van der Waals surface area (Å²) in [6, 6.07) is 4.43.